The Morgan fingerprint density at radius 3 is 3.00 bits per heavy atom. The van der Waals surface area contributed by atoms with E-state index in [4.69, 9.17) is 0 Å². The first-order chi connectivity index (χ1) is 6.79. The zero-order chi connectivity index (χ0) is 10.4. The summed E-state index contributed by atoms with van der Waals surface area (Å²) in [6, 6.07) is 0. The molecule has 0 radical (unpaired) electrons. The van der Waals surface area contributed by atoms with Crippen molar-refractivity contribution in [3.05, 3.63) is 12.7 Å². The van der Waals surface area contributed by atoms with Crippen LogP contribution in [-0.4, -0.2) is 37.0 Å². The van der Waals surface area contributed by atoms with E-state index in [-0.39, 0.29) is 11.8 Å². The van der Waals surface area contributed by atoms with Gasteiger partial charge in [-0.25, -0.2) is 0 Å². The Balaban J connectivity index is 2.47. The molecule has 0 aliphatic carbocycles. The van der Waals surface area contributed by atoms with Crippen LogP contribution in [0.4, 0.5) is 0 Å². The Morgan fingerprint density at radius 2 is 2.50 bits per heavy atom. The maximum absolute atomic E-state index is 12.0. The first kappa shape index (κ1) is 11.2. The van der Waals surface area contributed by atoms with E-state index in [0.29, 0.717) is 6.54 Å². The fraction of sp³-hybridized carbons (Fsp3) is 0.727. The number of nitrogens with one attached hydrogen (secondary N) is 1. The standard InChI is InChI=1S/C11H20N2O/c1-3-8-13(4-2)11(14)10-6-5-7-12-9-10/h3,10,12H,1,4-9H2,2H3. The molecule has 0 aromatic heterocycles. The van der Waals surface area contributed by atoms with Crippen molar-refractivity contribution in [1.29, 1.82) is 0 Å². The fourth-order valence-corrected chi connectivity index (χ4v) is 1.85. The molecule has 1 aliphatic rings. The van der Waals surface area contributed by atoms with Crippen LogP contribution in [0.25, 0.3) is 0 Å². The maximum atomic E-state index is 12.0. The van der Waals surface area contributed by atoms with Crippen molar-refractivity contribution in [2.24, 2.45) is 5.92 Å². The second-order valence-corrected chi connectivity index (χ2v) is 3.71. The Morgan fingerprint density at radius 1 is 1.71 bits per heavy atom. The fourth-order valence-electron chi connectivity index (χ4n) is 1.85. The van der Waals surface area contributed by atoms with Gasteiger partial charge in [0.15, 0.2) is 0 Å². The minimum absolute atomic E-state index is 0.184. The molecular formula is C11H20N2O. The Kier molecular flexibility index (Phi) is 4.66. The van der Waals surface area contributed by atoms with Crippen LogP contribution in [0.2, 0.25) is 0 Å². The second kappa shape index (κ2) is 5.81. The van der Waals surface area contributed by atoms with Gasteiger partial charge >= 0.3 is 0 Å². The third-order valence-electron chi connectivity index (χ3n) is 2.69. The van der Waals surface area contributed by atoms with Crippen LogP contribution in [0.5, 0.6) is 0 Å². The van der Waals surface area contributed by atoms with Crippen molar-refractivity contribution in [2.45, 2.75) is 19.8 Å². The third kappa shape index (κ3) is 2.84. The molecule has 1 atom stereocenters. The minimum atomic E-state index is 0.184. The predicted octanol–water partition coefficient (Wildman–Crippen LogP) is 1.02. The molecule has 1 amide bonds. The number of likely N-dealkylation sites (N-methyl/N-ethyl adjacent to an activating group) is 1. The van der Waals surface area contributed by atoms with Crippen molar-refractivity contribution < 1.29 is 4.79 Å². The smallest absolute Gasteiger partial charge is 0.227 e. The van der Waals surface area contributed by atoms with Crippen molar-refractivity contribution in [1.82, 2.24) is 10.2 Å². The molecule has 14 heavy (non-hydrogen) atoms. The van der Waals surface area contributed by atoms with E-state index in [2.05, 4.69) is 11.9 Å². The van der Waals surface area contributed by atoms with Gasteiger partial charge in [-0.2, -0.15) is 0 Å². The van der Waals surface area contributed by atoms with Crippen LogP contribution in [-0.2, 0) is 4.79 Å². The number of piperidine rings is 1. The minimum Gasteiger partial charge on any atom is -0.339 e. The van der Waals surface area contributed by atoms with Crippen LogP contribution >= 0.6 is 0 Å². The van der Waals surface area contributed by atoms with Crippen LogP contribution in [0.15, 0.2) is 12.7 Å². The summed E-state index contributed by atoms with van der Waals surface area (Å²) >= 11 is 0. The van der Waals surface area contributed by atoms with Gasteiger partial charge in [0.05, 0.1) is 5.92 Å². The molecule has 1 rings (SSSR count). The van der Waals surface area contributed by atoms with Gasteiger partial charge in [-0.05, 0) is 26.3 Å². The first-order valence-electron chi connectivity index (χ1n) is 5.40. The van der Waals surface area contributed by atoms with Crippen LogP contribution in [0, 0.1) is 5.92 Å². The average molecular weight is 196 g/mol. The highest BCUT2D eigenvalue weighted by atomic mass is 16.2. The number of hydrogen-bond acceptors (Lipinski definition) is 2. The van der Waals surface area contributed by atoms with Gasteiger partial charge in [0, 0.05) is 19.6 Å². The predicted molar refractivity (Wildman–Crippen MR) is 58.0 cm³/mol. The summed E-state index contributed by atoms with van der Waals surface area (Å²) in [6.07, 6.45) is 3.93. The number of amides is 1. The molecule has 1 heterocycles. The maximum Gasteiger partial charge on any atom is 0.227 e. The molecular weight excluding hydrogens is 176 g/mol. The first-order valence-corrected chi connectivity index (χ1v) is 5.40. The van der Waals surface area contributed by atoms with Gasteiger partial charge in [0.2, 0.25) is 5.91 Å². The molecule has 1 fully saturated rings. The molecule has 0 spiro atoms. The summed E-state index contributed by atoms with van der Waals surface area (Å²) in [5.41, 5.74) is 0. The summed E-state index contributed by atoms with van der Waals surface area (Å²) in [5, 5.41) is 3.26. The van der Waals surface area contributed by atoms with Gasteiger partial charge in [-0.1, -0.05) is 6.08 Å². The average Bonchev–Trinajstić information content (AvgIpc) is 2.26. The molecule has 3 heteroatoms. The van der Waals surface area contributed by atoms with Crippen LogP contribution in [0.3, 0.4) is 0 Å². The molecule has 0 aromatic carbocycles. The van der Waals surface area contributed by atoms with E-state index in [0.717, 1.165) is 32.5 Å². The molecule has 1 unspecified atom stereocenters. The van der Waals surface area contributed by atoms with Crippen molar-refractivity contribution in [3.63, 3.8) is 0 Å². The van der Waals surface area contributed by atoms with E-state index in [9.17, 15) is 4.79 Å². The summed E-state index contributed by atoms with van der Waals surface area (Å²) in [7, 11) is 0. The highest BCUT2D eigenvalue weighted by Crippen LogP contribution is 2.13. The zero-order valence-corrected chi connectivity index (χ0v) is 8.96. The summed E-state index contributed by atoms with van der Waals surface area (Å²) in [5.74, 6) is 0.461. The largest absolute Gasteiger partial charge is 0.339 e. The van der Waals surface area contributed by atoms with E-state index in [1.807, 2.05) is 11.8 Å². The summed E-state index contributed by atoms with van der Waals surface area (Å²) < 4.78 is 0. The molecule has 0 bridgehead atoms. The lowest BCUT2D eigenvalue weighted by Crippen LogP contribution is -2.43. The second-order valence-electron chi connectivity index (χ2n) is 3.71. The Hall–Kier alpha value is -0.830. The SMILES string of the molecule is C=CCN(CC)C(=O)C1CCCNC1. The lowest BCUT2D eigenvalue weighted by Gasteiger charge is -2.28. The van der Waals surface area contributed by atoms with Gasteiger partial charge in [0.25, 0.3) is 0 Å². The normalized spacial score (nSPS) is 21.6. The molecule has 0 aromatic rings. The van der Waals surface area contributed by atoms with Gasteiger partial charge < -0.3 is 10.2 Å². The highest BCUT2D eigenvalue weighted by molar-refractivity contribution is 5.79. The number of rotatable bonds is 4. The van der Waals surface area contributed by atoms with E-state index >= 15 is 0 Å². The lowest BCUT2D eigenvalue weighted by atomic mass is 9.98. The number of hydrogen-bond donors (Lipinski definition) is 1. The Labute approximate surface area is 86.2 Å². The third-order valence-corrected chi connectivity index (χ3v) is 2.69. The molecule has 1 aliphatic heterocycles. The number of carbonyl (C=O) groups excluding carboxylic acids is 1. The highest BCUT2D eigenvalue weighted by Gasteiger charge is 2.24. The van der Waals surface area contributed by atoms with E-state index in [1.165, 1.54) is 0 Å². The van der Waals surface area contributed by atoms with Crippen molar-refractivity contribution in [3.8, 4) is 0 Å². The number of nitrogens with zero attached hydrogens (tertiary/aromatic N) is 1. The number of carbonyl (C=O) groups is 1. The molecule has 80 valence electrons. The van der Waals surface area contributed by atoms with Gasteiger partial charge in [-0.3, -0.25) is 4.79 Å². The van der Waals surface area contributed by atoms with Gasteiger partial charge in [-0.15, -0.1) is 6.58 Å². The topological polar surface area (TPSA) is 32.3 Å². The van der Waals surface area contributed by atoms with Crippen molar-refractivity contribution in [2.75, 3.05) is 26.2 Å². The zero-order valence-electron chi connectivity index (χ0n) is 8.96. The Bertz CT molecular complexity index is 197. The molecule has 1 N–H and O–H groups in total. The monoisotopic (exact) mass is 196 g/mol. The quantitative estimate of drug-likeness (QED) is 0.681. The molecule has 0 saturated carbocycles. The summed E-state index contributed by atoms with van der Waals surface area (Å²) in [6.45, 7) is 9.02. The van der Waals surface area contributed by atoms with E-state index in [1.54, 1.807) is 6.08 Å². The van der Waals surface area contributed by atoms with Crippen LogP contribution in [0.1, 0.15) is 19.8 Å². The molecule has 1 saturated heterocycles. The molecule has 3 nitrogen and oxygen atoms in total. The van der Waals surface area contributed by atoms with Crippen LogP contribution < -0.4 is 5.32 Å². The summed E-state index contributed by atoms with van der Waals surface area (Å²) in [4.78, 5) is 13.8. The lowest BCUT2D eigenvalue weighted by molar-refractivity contribution is -0.135. The van der Waals surface area contributed by atoms with Crippen molar-refractivity contribution >= 4 is 5.91 Å². The van der Waals surface area contributed by atoms with Gasteiger partial charge in [0.1, 0.15) is 0 Å². The van der Waals surface area contributed by atoms with E-state index < -0.39 is 0 Å².